The third kappa shape index (κ3) is 5.44. The van der Waals surface area contributed by atoms with Gasteiger partial charge in [0.05, 0.1) is 16.6 Å². The number of hydrogen-bond donors (Lipinski definition) is 1. The summed E-state index contributed by atoms with van der Waals surface area (Å²) >= 11 is 0. The van der Waals surface area contributed by atoms with Gasteiger partial charge in [0, 0.05) is 18.6 Å². The molecule has 2 unspecified atom stereocenters. The van der Waals surface area contributed by atoms with Crippen LogP contribution in [0.3, 0.4) is 0 Å². The first kappa shape index (κ1) is 22.4. The molecule has 1 aliphatic rings. The van der Waals surface area contributed by atoms with E-state index in [1.54, 1.807) is 6.92 Å². The van der Waals surface area contributed by atoms with Crippen molar-refractivity contribution >= 4 is 16.0 Å². The lowest BCUT2D eigenvalue weighted by atomic mass is 9.96. The maximum atomic E-state index is 12.4. The second-order valence-corrected chi connectivity index (χ2v) is 10.0. The lowest BCUT2D eigenvalue weighted by Gasteiger charge is -2.12. The van der Waals surface area contributed by atoms with Crippen molar-refractivity contribution in [3.8, 4) is 0 Å². The van der Waals surface area contributed by atoms with Gasteiger partial charge in [-0.15, -0.1) is 0 Å². The largest absolute Gasteiger partial charge is 0.449 e. The molecule has 0 bridgehead atoms. The highest BCUT2D eigenvalue weighted by atomic mass is 32.2. The third-order valence-corrected chi connectivity index (χ3v) is 6.11. The minimum Gasteiger partial charge on any atom is -0.449 e. The maximum absolute atomic E-state index is 12.4. The molecule has 9 nitrogen and oxygen atoms in total. The molecule has 30 heavy (non-hydrogen) atoms. The molecule has 1 aliphatic heterocycles. The van der Waals surface area contributed by atoms with E-state index in [9.17, 15) is 13.2 Å². The highest BCUT2D eigenvalue weighted by Crippen LogP contribution is 2.23. The van der Waals surface area contributed by atoms with Crippen LogP contribution in [-0.2, 0) is 24.9 Å². The van der Waals surface area contributed by atoms with Gasteiger partial charge >= 0.3 is 5.97 Å². The second-order valence-electron chi connectivity index (χ2n) is 8.27. The minimum absolute atomic E-state index is 0.0665. The summed E-state index contributed by atoms with van der Waals surface area (Å²) < 4.78 is 43.3. The normalized spacial score (nSPS) is 18.3. The van der Waals surface area contributed by atoms with Gasteiger partial charge in [-0.1, -0.05) is 25.9 Å². The maximum Gasteiger partial charge on any atom is 0.338 e. The predicted molar refractivity (Wildman–Crippen MR) is 107 cm³/mol. The molecule has 2 aromatic rings. The molecule has 1 saturated heterocycles. The number of benzene rings is 1. The Bertz CT molecular complexity index is 973. The smallest absolute Gasteiger partial charge is 0.338 e. The zero-order chi connectivity index (χ0) is 21.9. The van der Waals surface area contributed by atoms with Crippen molar-refractivity contribution < 1.29 is 27.2 Å². The first-order chi connectivity index (χ1) is 14.1. The highest BCUT2D eigenvalue weighted by molar-refractivity contribution is 7.89. The summed E-state index contributed by atoms with van der Waals surface area (Å²) in [4.78, 5) is 16.7. The number of nitrogens with zero attached hydrogens (tertiary/aromatic N) is 2. The van der Waals surface area contributed by atoms with Crippen molar-refractivity contribution in [2.75, 3.05) is 13.2 Å². The van der Waals surface area contributed by atoms with Crippen LogP contribution in [0.25, 0.3) is 0 Å². The van der Waals surface area contributed by atoms with Crippen LogP contribution >= 0.6 is 0 Å². The number of carbonyl (C=O) groups excluding carboxylic acids is 1. The van der Waals surface area contributed by atoms with E-state index in [1.807, 2.05) is 20.8 Å². The molecule has 1 aromatic heterocycles. The van der Waals surface area contributed by atoms with E-state index < -0.39 is 22.1 Å². The molecule has 0 spiro atoms. The molecule has 3 rings (SSSR count). The van der Waals surface area contributed by atoms with Crippen molar-refractivity contribution in [2.45, 2.75) is 63.1 Å². The monoisotopic (exact) mass is 437 g/mol. The van der Waals surface area contributed by atoms with Crippen LogP contribution in [0, 0.1) is 0 Å². The Morgan fingerprint density at radius 2 is 2.00 bits per heavy atom. The number of aromatic nitrogens is 2. The summed E-state index contributed by atoms with van der Waals surface area (Å²) in [5.41, 5.74) is -0.0689. The van der Waals surface area contributed by atoms with Crippen LogP contribution in [0.2, 0.25) is 0 Å². The summed E-state index contributed by atoms with van der Waals surface area (Å²) in [6.45, 7) is 8.36. The van der Waals surface area contributed by atoms with Crippen LogP contribution in [0.5, 0.6) is 0 Å². The molecule has 2 atom stereocenters. The minimum atomic E-state index is -3.68. The molecule has 0 amide bonds. The fourth-order valence-corrected chi connectivity index (χ4v) is 3.91. The molecule has 10 heteroatoms. The Labute approximate surface area is 176 Å². The van der Waals surface area contributed by atoms with Gasteiger partial charge in [-0.2, -0.15) is 4.98 Å². The molecular weight excluding hydrogens is 410 g/mol. The van der Waals surface area contributed by atoms with Crippen molar-refractivity contribution in [1.82, 2.24) is 14.9 Å². The topological polar surface area (TPSA) is 121 Å². The fraction of sp³-hybridized carbons (Fsp3) is 0.550. The predicted octanol–water partition coefficient (Wildman–Crippen LogP) is 2.74. The van der Waals surface area contributed by atoms with Gasteiger partial charge in [-0.05, 0) is 44.0 Å². The molecule has 1 N–H and O–H groups in total. The Balaban J connectivity index is 1.60. The number of carbonyl (C=O) groups is 1. The number of rotatable bonds is 7. The molecule has 0 saturated carbocycles. The molecule has 1 fully saturated rings. The first-order valence-electron chi connectivity index (χ1n) is 9.82. The van der Waals surface area contributed by atoms with Crippen LogP contribution in [0.15, 0.2) is 33.7 Å². The van der Waals surface area contributed by atoms with Crippen molar-refractivity contribution in [3.05, 3.63) is 41.5 Å². The number of nitrogens with one attached hydrogen (secondary N) is 1. The zero-order valence-electron chi connectivity index (χ0n) is 17.5. The van der Waals surface area contributed by atoms with Crippen LogP contribution in [0.4, 0.5) is 0 Å². The van der Waals surface area contributed by atoms with Crippen LogP contribution in [0.1, 0.15) is 68.7 Å². The Morgan fingerprint density at radius 3 is 2.57 bits per heavy atom. The van der Waals surface area contributed by atoms with E-state index in [-0.39, 0.29) is 34.4 Å². The molecule has 0 aliphatic carbocycles. The van der Waals surface area contributed by atoms with E-state index in [0.29, 0.717) is 12.4 Å². The van der Waals surface area contributed by atoms with Gasteiger partial charge in [-0.3, -0.25) is 0 Å². The Hall–Kier alpha value is -2.30. The average molecular weight is 438 g/mol. The van der Waals surface area contributed by atoms with E-state index >= 15 is 0 Å². The summed E-state index contributed by atoms with van der Waals surface area (Å²) in [5.74, 6) is 0.102. The summed E-state index contributed by atoms with van der Waals surface area (Å²) in [6.07, 6.45) is 0.933. The van der Waals surface area contributed by atoms with Gasteiger partial charge in [0.2, 0.25) is 10.0 Å². The molecule has 0 radical (unpaired) electrons. The number of ether oxygens (including phenoxy) is 2. The Kier molecular flexibility index (Phi) is 6.59. The van der Waals surface area contributed by atoms with Gasteiger partial charge < -0.3 is 14.0 Å². The summed E-state index contributed by atoms with van der Waals surface area (Å²) in [5, 5.41) is 3.91. The van der Waals surface area contributed by atoms with Crippen molar-refractivity contribution in [1.29, 1.82) is 0 Å². The fourth-order valence-electron chi connectivity index (χ4n) is 2.85. The number of hydrogen-bond acceptors (Lipinski definition) is 8. The third-order valence-electron chi connectivity index (χ3n) is 4.67. The molecule has 1 aromatic carbocycles. The molecular formula is C20H27N3O6S. The molecule has 2 heterocycles. The Morgan fingerprint density at radius 1 is 1.30 bits per heavy atom. The highest BCUT2D eigenvalue weighted by Gasteiger charge is 2.25. The number of esters is 1. The van der Waals surface area contributed by atoms with Gasteiger partial charge in [0.25, 0.3) is 5.89 Å². The van der Waals surface area contributed by atoms with E-state index in [1.165, 1.54) is 24.3 Å². The average Bonchev–Trinajstić information content (AvgIpc) is 3.38. The standard InChI is InChI=1S/C20H27N3O6S/c1-13(17-22-19(23-29-17)20(2,3)4)28-18(24)14-7-9-16(10-8-14)30(25,26)21-12-15-6-5-11-27-15/h7-10,13,15,21H,5-6,11-12H2,1-4H3. The van der Waals surface area contributed by atoms with Crippen LogP contribution in [-0.4, -0.2) is 43.8 Å². The lowest BCUT2D eigenvalue weighted by molar-refractivity contribution is 0.0265. The second kappa shape index (κ2) is 8.83. The van der Waals surface area contributed by atoms with Crippen LogP contribution < -0.4 is 4.72 Å². The summed E-state index contributed by atoms with van der Waals surface area (Å²) in [6, 6.07) is 5.54. The number of sulfonamides is 1. The van der Waals surface area contributed by atoms with Gasteiger partial charge in [0.15, 0.2) is 11.9 Å². The zero-order valence-corrected chi connectivity index (χ0v) is 18.4. The SMILES string of the molecule is CC(OC(=O)c1ccc(S(=O)(=O)NCC2CCCO2)cc1)c1nc(C(C)(C)C)no1. The summed E-state index contributed by atoms with van der Waals surface area (Å²) in [7, 11) is -3.68. The van der Waals surface area contributed by atoms with E-state index in [4.69, 9.17) is 14.0 Å². The van der Waals surface area contributed by atoms with Gasteiger partial charge in [0.1, 0.15) is 0 Å². The first-order valence-corrected chi connectivity index (χ1v) is 11.3. The van der Waals surface area contributed by atoms with Gasteiger partial charge in [-0.25, -0.2) is 17.9 Å². The van der Waals surface area contributed by atoms with E-state index in [0.717, 1.165) is 12.8 Å². The van der Waals surface area contributed by atoms with Crippen molar-refractivity contribution in [2.24, 2.45) is 0 Å². The van der Waals surface area contributed by atoms with E-state index in [2.05, 4.69) is 14.9 Å². The molecule has 164 valence electrons. The van der Waals surface area contributed by atoms with Crippen molar-refractivity contribution in [3.63, 3.8) is 0 Å². The lowest BCUT2D eigenvalue weighted by Crippen LogP contribution is -2.31. The quantitative estimate of drug-likeness (QED) is 0.657.